The van der Waals surface area contributed by atoms with Crippen molar-refractivity contribution in [3.05, 3.63) is 0 Å². The van der Waals surface area contributed by atoms with Crippen LogP contribution in [0.1, 0.15) is 39.5 Å². The van der Waals surface area contributed by atoms with E-state index in [1.807, 2.05) is 13.8 Å². The lowest BCUT2D eigenvalue weighted by Crippen LogP contribution is -2.48. The zero-order chi connectivity index (χ0) is 13.7. The molecule has 18 heavy (non-hydrogen) atoms. The molecule has 2 unspecified atom stereocenters. The molecule has 5 nitrogen and oxygen atoms in total. The second-order valence-electron chi connectivity index (χ2n) is 5.41. The Morgan fingerprint density at radius 2 is 1.89 bits per heavy atom. The summed E-state index contributed by atoms with van der Waals surface area (Å²) in [6, 6.07) is -0.00893. The van der Waals surface area contributed by atoms with Crippen molar-refractivity contribution >= 4 is 11.8 Å². The monoisotopic (exact) mass is 255 g/mol. The highest BCUT2D eigenvalue weighted by Crippen LogP contribution is 2.31. The van der Waals surface area contributed by atoms with E-state index in [2.05, 4.69) is 0 Å². The molecule has 0 spiro atoms. The van der Waals surface area contributed by atoms with Crippen molar-refractivity contribution in [2.75, 3.05) is 13.1 Å². The number of nitrogens with zero attached hydrogens (tertiary/aromatic N) is 1. The summed E-state index contributed by atoms with van der Waals surface area (Å²) in [5, 5.41) is 0. The van der Waals surface area contributed by atoms with Crippen LogP contribution >= 0.6 is 0 Å². The fraction of sp³-hybridized carbons (Fsp3) is 0.846. The lowest BCUT2D eigenvalue weighted by Gasteiger charge is -2.35. The smallest absolute Gasteiger partial charge is 0.237 e. The van der Waals surface area contributed by atoms with Gasteiger partial charge in [-0.2, -0.15) is 0 Å². The fourth-order valence-corrected chi connectivity index (χ4v) is 2.71. The Hall–Kier alpha value is -1.10. The lowest BCUT2D eigenvalue weighted by molar-refractivity contribution is -0.143. The van der Waals surface area contributed by atoms with E-state index in [4.69, 9.17) is 11.5 Å². The van der Waals surface area contributed by atoms with Crippen LogP contribution in [-0.4, -0.2) is 35.8 Å². The number of rotatable bonds is 5. The van der Waals surface area contributed by atoms with Gasteiger partial charge in [-0.25, -0.2) is 0 Å². The Morgan fingerprint density at radius 1 is 1.28 bits per heavy atom. The van der Waals surface area contributed by atoms with E-state index in [0.717, 1.165) is 25.7 Å². The Bertz CT molecular complexity index is 305. The molecule has 104 valence electrons. The van der Waals surface area contributed by atoms with Crippen molar-refractivity contribution in [3.63, 3.8) is 0 Å². The Morgan fingerprint density at radius 3 is 2.39 bits per heavy atom. The van der Waals surface area contributed by atoms with Gasteiger partial charge in [0.25, 0.3) is 0 Å². The number of carbonyl (C=O) groups excluding carboxylic acids is 2. The van der Waals surface area contributed by atoms with Gasteiger partial charge >= 0.3 is 0 Å². The van der Waals surface area contributed by atoms with E-state index in [9.17, 15) is 9.59 Å². The lowest BCUT2D eigenvalue weighted by atomic mass is 9.78. The average molecular weight is 255 g/mol. The molecular weight excluding hydrogens is 230 g/mol. The number of nitrogens with two attached hydrogens (primary N) is 2. The van der Waals surface area contributed by atoms with Crippen LogP contribution in [0.25, 0.3) is 0 Å². The molecule has 0 aliphatic heterocycles. The van der Waals surface area contributed by atoms with Crippen molar-refractivity contribution in [3.8, 4) is 0 Å². The highest BCUT2D eigenvalue weighted by molar-refractivity contribution is 5.85. The molecule has 0 heterocycles. The highest BCUT2D eigenvalue weighted by Gasteiger charge is 2.34. The van der Waals surface area contributed by atoms with Crippen molar-refractivity contribution in [1.29, 1.82) is 0 Å². The van der Waals surface area contributed by atoms with Gasteiger partial charge in [0.2, 0.25) is 11.8 Å². The number of amides is 2. The van der Waals surface area contributed by atoms with Crippen LogP contribution in [0.4, 0.5) is 0 Å². The first-order valence-electron chi connectivity index (χ1n) is 6.76. The normalized spacial score (nSPS) is 24.0. The molecule has 0 radical (unpaired) electrons. The van der Waals surface area contributed by atoms with Gasteiger partial charge in [0, 0.05) is 12.0 Å². The van der Waals surface area contributed by atoms with Crippen LogP contribution < -0.4 is 11.5 Å². The van der Waals surface area contributed by atoms with Gasteiger partial charge in [0.15, 0.2) is 0 Å². The molecule has 2 atom stereocenters. The second-order valence-corrected chi connectivity index (χ2v) is 5.41. The van der Waals surface area contributed by atoms with Gasteiger partial charge in [0.05, 0.1) is 6.54 Å². The van der Waals surface area contributed by atoms with E-state index >= 15 is 0 Å². The molecule has 1 aliphatic carbocycles. The van der Waals surface area contributed by atoms with Gasteiger partial charge < -0.3 is 16.4 Å². The summed E-state index contributed by atoms with van der Waals surface area (Å²) in [6.45, 7) is 4.35. The molecule has 0 aromatic carbocycles. The molecule has 0 aromatic rings. The van der Waals surface area contributed by atoms with Crippen LogP contribution in [0.5, 0.6) is 0 Å². The van der Waals surface area contributed by atoms with Gasteiger partial charge in [-0.15, -0.1) is 0 Å². The zero-order valence-corrected chi connectivity index (χ0v) is 11.4. The molecule has 4 N–H and O–H groups in total. The second kappa shape index (κ2) is 6.73. The fourth-order valence-electron chi connectivity index (χ4n) is 2.71. The maximum atomic E-state index is 12.5. The summed E-state index contributed by atoms with van der Waals surface area (Å²) in [6.07, 6.45) is 4.09. The average Bonchev–Trinajstić information content (AvgIpc) is 2.34. The maximum absolute atomic E-state index is 12.5. The third kappa shape index (κ3) is 3.70. The first kappa shape index (κ1) is 15.0. The molecule has 1 fully saturated rings. The van der Waals surface area contributed by atoms with Crippen molar-refractivity contribution in [1.82, 2.24) is 4.90 Å². The van der Waals surface area contributed by atoms with Crippen LogP contribution in [0, 0.1) is 11.8 Å². The molecule has 2 amide bonds. The predicted molar refractivity (Wildman–Crippen MR) is 70.5 cm³/mol. The van der Waals surface area contributed by atoms with Gasteiger partial charge in [0.1, 0.15) is 0 Å². The Kier molecular flexibility index (Phi) is 5.59. The maximum Gasteiger partial charge on any atom is 0.237 e. The molecule has 1 saturated carbocycles. The van der Waals surface area contributed by atoms with Crippen molar-refractivity contribution < 1.29 is 9.59 Å². The van der Waals surface area contributed by atoms with Gasteiger partial charge in [-0.3, -0.25) is 9.59 Å². The van der Waals surface area contributed by atoms with Gasteiger partial charge in [-0.05, 0) is 39.2 Å². The quantitative estimate of drug-likeness (QED) is 0.748. The summed E-state index contributed by atoms with van der Waals surface area (Å²) in [7, 11) is 0. The largest absolute Gasteiger partial charge is 0.368 e. The van der Waals surface area contributed by atoms with Crippen LogP contribution in [0.15, 0.2) is 0 Å². The van der Waals surface area contributed by atoms with Crippen molar-refractivity contribution in [2.45, 2.75) is 45.6 Å². The number of carbonyl (C=O) groups is 2. The minimum atomic E-state index is -0.461. The topological polar surface area (TPSA) is 89.4 Å². The molecule has 5 heteroatoms. The third-order valence-corrected chi connectivity index (χ3v) is 3.76. The number of primary amides is 1. The predicted octanol–water partition coefficient (Wildman–Crippen LogP) is 0.474. The number of hydrogen-bond donors (Lipinski definition) is 2. The van der Waals surface area contributed by atoms with Crippen LogP contribution in [0.3, 0.4) is 0 Å². The highest BCUT2D eigenvalue weighted by atomic mass is 16.2. The molecule has 1 aliphatic rings. The summed E-state index contributed by atoms with van der Waals surface area (Å²) in [5.41, 5.74) is 11.0. The minimum Gasteiger partial charge on any atom is -0.368 e. The van der Waals surface area contributed by atoms with Crippen LogP contribution in [-0.2, 0) is 9.59 Å². The Balaban J connectivity index is 2.77. The van der Waals surface area contributed by atoms with E-state index < -0.39 is 5.91 Å². The molecule has 0 aromatic heterocycles. The van der Waals surface area contributed by atoms with E-state index in [-0.39, 0.29) is 30.3 Å². The molecule has 0 saturated heterocycles. The first-order chi connectivity index (χ1) is 8.47. The summed E-state index contributed by atoms with van der Waals surface area (Å²) in [5.74, 6) is -0.206. The molecule has 0 bridgehead atoms. The number of hydrogen-bond acceptors (Lipinski definition) is 3. The third-order valence-electron chi connectivity index (χ3n) is 3.76. The Labute approximate surface area is 109 Å². The zero-order valence-electron chi connectivity index (χ0n) is 11.4. The van der Waals surface area contributed by atoms with Gasteiger partial charge in [-0.1, -0.05) is 12.8 Å². The molecular formula is C13H25N3O2. The summed E-state index contributed by atoms with van der Waals surface area (Å²) < 4.78 is 0. The molecule has 1 rings (SSSR count). The van der Waals surface area contributed by atoms with Crippen molar-refractivity contribution in [2.24, 2.45) is 23.3 Å². The SMILES string of the molecule is CC(C)N(CC(N)=O)C(=O)C1CCCCC1CN. The van der Waals surface area contributed by atoms with E-state index in [1.165, 1.54) is 0 Å². The van der Waals surface area contributed by atoms with Crippen LogP contribution in [0.2, 0.25) is 0 Å². The van der Waals surface area contributed by atoms with E-state index in [1.54, 1.807) is 4.90 Å². The standard InChI is InChI=1S/C13H25N3O2/c1-9(2)16(8-12(15)17)13(18)11-6-4-3-5-10(11)7-14/h9-11H,3-8,14H2,1-2H3,(H2,15,17). The summed E-state index contributed by atoms with van der Waals surface area (Å²) >= 11 is 0. The summed E-state index contributed by atoms with van der Waals surface area (Å²) in [4.78, 5) is 25.1. The first-order valence-corrected chi connectivity index (χ1v) is 6.76. The minimum absolute atomic E-state index is 0.00426. The van der Waals surface area contributed by atoms with E-state index in [0.29, 0.717) is 6.54 Å².